The molecule has 0 spiro atoms. The molecule has 35 heavy (non-hydrogen) atoms. The summed E-state index contributed by atoms with van der Waals surface area (Å²) in [6, 6.07) is 5.97. The van der Waals surface area contributed by atoms with E-state index in [-0.39, 0.29) is 24.8 Å². The zero-order valence-electron chi connectivity index (χ0n) is 19.0. The van der Waals surface area contributed by atoms with Crippen molar-refractivity contribution in [2.45, 2.75) is 67.1 Å². The van der Waals surface area contributed by atoms with E-state index in [1.165, 1.54) is 18.3 Å². The molecular weight excluding hydrogens is 487 g/mol. The minimum Gasteiger partial charge on any atom is -0.480 e. The summed E-state index contributed by atoms with van der Waals surface area (Å²) in [6.07, 6.45) is -4.36. The number of hydrogen-bond acceptors (Lipinski definition) is 6. The molecule has 0 amide bonds. The Labute approximate surface area is 201 Å². The topological polar surface area (TPSA) is 103 Å². The van der Waals surface area contributed by atoms with E-state index in [1.807, 2.05) is 0 Å². The lowest BCUT2D eigenvalue weighted by Gasteiger charge is -2.35. The molecule has 2 heterocycles. The highest BCUT2D eigenvalue weighted by Gasteiger charge is 2.62. The largest absolute Gasteiger partial charge is 0.480 e. The third-order valence-electron chi connectivity index (χ3n) is 6.71. The van der Waals surface area contributed by atoms with Gasteiger partial charge in [-0.15, -0.1) is 0 Å². The molecule has 1 aliphatic carbocycles. The standard InChI is InChI=1S/C24H26F3NO6S/c1-15-13-17(6-10-28-15)16-4-5-20(19(14-16)24(25,26)27)35(31,32)23(22(29)30)9-2-3-21(23)34-18-7-11-33-12-8-18/h4-6,10,13-14,18,21H,2-3,7-9,11-12H2,1H3,(H,29,30). The molecule has 190 valence electrons. The number of sulfone groups is 1. The van der Waals surface area contributed by atoms with Gasteiger partial charge in [-0.1, -0.05) is 6.07 Å². The monoisotopic (exact) mass is 513 g/mol. The Hall–Kier alpha value is -2.50. The number of benzene rings is 1. The zero-order valence-corrected chi connectivity index (χ0v) is 19.9. The number of alkyl halides is 3. The lowest BCUT2D eigenvalue weighted by molar-refractivity contribution is -0.147. The lowest BCUT2D eigenvalue weighted by Crippen LogP contribution is -2.54. The summed E-state index contributed by atoms with van der Waals surface area (Å²) in [5, 5.41) is 10.1. The van der Waals surface area contributed by atoms with E-state index < -0.39 is 49.4 Å². The Morgan fingerprint density at radius 2 is 1.83 bits per heavy atom. The van der Waals surface area contributed by atoms with Crippen LogP contribution in [-0.4, -0.2) is 54.6 Å². The summed E-state index contributed by atoms with van der Waals surface area (Å²) in [5.41, 5.74) is -0.243. The SMILES string of the molecule is Cc1cc(-c2ccc(S(=O)(=O)C3(C(=O)O)CCCC3OC3CCOCC3)c(C(F)(F)F)c2)ccn1. The second kappa shape index (κ2) is 9.51. The van der Waals surface area contributed by atoms with Crippen molar-refractivity contribution in [1.29, 1.82) is 0 Å². The van der Waals surface area contributed by atoms with Crippen molar-refractivity contribution in [3.8, 4) is 11.1 Å². The fourth-order valence-corrected chi connectivity index (χ4v) is 7.19. The predicted molar refractivity (Wildman–Crippen MR) is 120 cm³/mol. The van der Waals surface area contributed by atoms with Gasteiger partial charge in [0, 0.05) is 25.1 Å². The molecule has 1 aromatic heterocycles. The van der Waals surface area contributed by atoms with Crippen LogP contribution in [0.5, 0.6) is 0 Å². The summed E-state index contributed by atoms with van der Waals surface area (Å²) < 4.78 is 78.8. The maximum absolute atomic E-state index is 14.2. The van der Waals surface area contributed by atoms with Crippen LogP contribution < -0.4 is 0 Å². The minimum atomic E-state index is -5.03. The van der Waals surface area contributed by atoms with E-state index in [2.05, 4.69) is 4.98 Å². The first-order valence-electron chi connectivity index (χ1n) is 11.3. The summed E-state index contributed by atoms with van der Waals surface area (Å²) >= 11 is 0. The van der Waals surface area contributed by atoms with Gasteiger partial charge in [-0.25, -0.2) is 8.42 Å². The Balaban J connectivity index is 1.82. The van der Waals surface area contributed by atoms with E-state index in [1.54, 1.807) is 13.0 Å². The van der Waals surface area contributed by atoms with E-state index in [0.29, 0.717) is 37.3 Å². The normalized spacial score (nSPS) is 23.9. The van der Waals surface area contributed by atoms with Crippen LogP contribution in [-0.2, 0) is 30.3 Å². The number of halogens is 3. The first-order chi connectivity index (χ1) is 16.5. The Morgan fingerprint density at radius 3 is 2.46 bits per heavy atom. The Morgan fingerprint density at radius 1 is 1.14 bits per heavy atom. The highest BCUT2D eigenvalue weighted by Crippen LogP contribution is 2.47. The minimum absolute atomic E-state index is 0.124. The molecule has 1 N–H and O–H groups in total. The second-order valence-corrected chi connectivity index (χ2v) is 11.1. The van der Waals surface area contributed by atoms with Gasteiger partial charge >= 0.3 is 12.1 Å². The zero-order chi connectivity index (χ0) is 25.4. The number of aromatic nitrogens is 1. The summed E-state index contributed by atoms with van der Waals surface area (Å²) in [4.78, 5) is 15.5. The molecule has 1 aromatic carbocycles. The highest BCUT2D eigenvalue weighted by atomic mass is 32.2. The van der Waals surface area contributed by atoms with E-state index in [9.17, 15) is 31.5 Å². The number of pyridine rings is 1. The molecule has 2 aliphatic rings. The number of carbonyl (C=O) groups is 1. The van der Waals surface area contributed by atoms with Crippen LogP contribution in [0.1, 0.15) is 43.4 Å². The van der Waals surface area contributed by atoms with Crippen molar-refractivity contribution in [2.75, 3.05) is 13.2 Å². The van der Waals surface area contributed by atoms with Gasteiger partial charge in [-0.3, -0.25) is 9.78 Å². The maximum atomic E-state index is 14.2. The third-order valence-corrected chi connectivity index (χ3v) is 9.24. The van der Waals surface area contributed by atoms with Crippen molar-refractivity contribution in [2.24, 2.45) is 0 Å². The molecule has 1 saturated heterocycles. The predicted octanol–water partition coefficient (Wildman–Crippen LogP) is 4.42. The van der Waals surface area contributed by atoms with E-state index in [0.717, 1.165) is 12.1 Å². The van der Waals surface area contributed by atoms with Crippen molar-refractivity contribution in [3.05, 3.63) is 47.8 Å². The lowest BCUT2D eigenvalue weighted by atomic mass is 10.0. The number of hydrogen-bond donors (Lipinski definition) is 1. The number of ether oxygens (including phenoxy) is 2. The smallest absolute Gasteiger partial charge is 0.417 e. The maximum Gasteiger partial charge on any atom is 0.417 e. The number of aliphatic carboxylic acids is 1. The van der Waals surface area contributed by atoms with Gasteiger partial charge in [0.15, 0.2) is 14.6 Å². The summed E-state index contributed by atoms with van der Waals surface area (Å²) in [5.74, 6) is -1.70. The number of rotatable bonds is 6. The molecule has 11 heteroatoms. The molecule has 1 saturated carbocycles. The van der Waals surface area contributed by atoms with E-state index >= 15 is 0 Å². The average Bonchev–Trinajstić information content (AvgIpc) is 3.24. The molecule has 0 bridgehead atoms. The van der Waals surface area contributed by atoms with Crippen LogP contribution in [0.2, 0.25) is 0 Å². The van der Waals surface area contributed by atoms with Crippen molar-refractivity contribution >= 4 is 15.8 Å². The molecule has 2 atom stereocenters. The van der Waals surface area contributed by atoms with Crippen molar-refractivity contribution < 1.29 is 41.0 Å². The molecule has 0 radical (unpaired) electrons. The van der Waals surface area contributed by atoms with Crippen molar-refractivity contribution in [1.82, 2.24) is 4.98 Å². The van der Waals surface area contributed by atoms with Gasteiger partial charge in [0.25, 0.3) is 0 Å². The molecule has 2 fully saturated rings. The third kappa shape index (κ3) is 4.68. The summed E-state index contributed by atoms with van der Waals surface area (Å²) in [7, 11) is -5.01. The second-order valence-electron chi connectivity index (χ2n) is 8.92. The van der Waals surface area contributed by atoms with Crippen LogP contribution in [0.25, 0.3) is 11.1 Å². The highest BCUT2D eigenvalue weighted by molar-refractivity contribution is 7.93. The molecule has 7 nitrogen and oxygen atoms in total. The van der Waals surface area contributed by atoms with Crippen LogP contribution >= 0.6 is 0 Å². The number of aryl methyl sites for hydroxylation is 1. The number of carboxylic acid groups (broad SMARTS) is 1. The molecule has 2 unspecified atom stereocenters. The summed E-state index contributed by atoms with van der Waals surface area (Å²) in [6.45, 7) is 2.46. The fraction of sp³-hybridized carbons (Fsp3) is 0.500. The van der Waals surface area contributed by atoms with Gasteiger partial charge in [-0.05, 0) is 74.4 Å². The molecule has 2 aromatic rings. The fourth-order valence-electron chi connectivity index (χ4n) is 4.92. The average molecular weight is 514 g/mol. The van der Waals surface area contributed by atoms with Crippen LogP contribution in [0.3, 0.4) is 0 Å². The first kappa shape index (κ1) is 25.6. The Kier molecular flexibility index (Phi) is 6.96. The van der Waals surface area contributed by atoms with Gasteiger partial charge < -0.3 is 14.6 Å². The van der Waals surface area contributed by atoms with Crippen LogP contribution in [0, 0.1) is 6.92 Å². The Bertz CT molecular complexity index is 1210. The van der Waals surface area contributed by atoms with Crippen molar-refractivity contribution in [3.63, 3.8) is 0 Å². The first-order valence-corrected chi connectivity index (χ1v) is 12.8. The van der Waals surface area contributed by atoms with Gasteiger partial charge in [-0.2, -0.15) is 13.2 Å². The number of nitrogens with zero attached hydrogens (tertiary/aromatic N) is 1. The molecular formula is C24H26F3NO6S. The molecule has 4 rings (SSSR count). The molecule has 1 aliphatic heterocycles. The van der Waals surface area contributed by atoms with E-state index in [4.69, 9.17) is 9.47 Å². The van der Waals surface area contributed by atoms with Crippen LogP contribution in [0.15, 0.2) is 41.4 Å². The van der Waals surface area contributed by atoms with Gasteiger partial charge in [0.2, 0.25) is 0 Å². The quantitative estimate of drug-likeness (QED) is 0.610. The number of carboxylic acids is 1. The van der Waals surface area contributed by atoms with Gasteiger partial charge in [0.05, 0.1) is 22.7 Å². The van der Waals surface area contributed by atoms with Crippen LogP contribution in [0.4, 0.5) is 13.2 Å². The van der Waals surface area contributed by atoms with Gasteiger partial charge in [0.1, 0.15) is 0 Å².